The van der Waals surface area contributed by atoms with Gasteiger partial charge >= 0.3 is 0 Å². The van der Waals surface area contributed by atoms with Gasteiger partial charge in [0.05, 0.1) is 5.39 Å². The molecule has 0 saturated carbocycles. The topological polar surface area (TPSA) is 117 Å². The van der Waals surface area contributed by atoms with Gasteiger partial charge in [-0.15, -0.1) is 0 Å². The second-order valence-corrected chi connectivity index (χ2v) is 6.85. The summed E-state index contributed by atoms with van der Waals surface area (Å²) in [7, 11) is 0. The van der Waals surface area contributed by atoms with Crippen molar-refractivity contribution in [3.8, 4) is 0 Å². The van der Waals surface area contributed by atoms with E-state index in [4.69, 9.17) is 5.73 Å². The van der Waals surface area contributed by atoms with Crippen LogP contribution in [0.3, 0.4) is 0 Å². The number of H-pyrrole nitrogens is 2. The molecule has 146 valence electrons. The molecule has 4 rings (SSSR count). The van der Waals surface area contributed by atoms with Crippen molar-refractivity contribution >= 4 is 22.9 Å². The lowest BCUT2D eigenvalue weighted by Crippen LogP contribution is -2.22. The Morgan fingerprint density at radius 2 is 1.76 bits per heavy atom. The van der Waals surface area contributed by atoms with Crippen LogP contribution in [-0.2, 0) is 19.4 Å². The van der Waals surface area contributed by atoms with E-state index in [1.165, 1.54) is 0 Å². The summed E-state index contributed by atoms with van der Waals surface area (Å²) < 4.78 is 0. The van der Waals surface area contributed by atoms with Gasteiger partial charge in [-0.1, -0.05) is 42.5 Å². The average molecular weight is 387 g/mol. The summed E-state index contributed by atoms with van der Waals surface area (Å²) in [5.74, 6) is -0.00995. The van der Waals surface area contributed by atoms with Gasteiger partial charge < -0.3 is 16.0 Å². The van der Waals surface area contributed by atoms with Gasteiger partial charge in [-0.05, 0) is 41.7 Å². The molecule has 0 aliphatic rings. The maximum atomic E-state index is 12.3. The maximum Gasteiger partial charge on any atom is 0.262 e. The zero-order valence-corrected chi connectivity index (χ0v) is 15.7. The number of hydrogen-bond acceptors (Lipinski definition) is 4. The van der Waals surface area contributed by atoms with E-state index >= 15 is 0 Å². The molecule has 29 heavy (non-hydrogen) atoms. The minimum atomic E-state index is -0.241. The quantitative estimate of drug-likeness (QED) is 0.407. The molecule has 0 atom stereocenters. The smallest absolute Gasteiger partial charge is 0.262 e. The first kappa shape index (κ1) is 18.5. The molecule has 0 bridgehead atoms. The zero-order valence-electron chi connectivity index (χ0n) is 15.7. The Labute approximate surface area is 167 Å². The van der Waals surface area contributed by atoms with Crippen LogP contribution in [-0.4, -0.2) is 20.9 Å². The first-order valence-corrected chi connectivity index (χ1v) is 9.37. The molecule has 7 nitrogen and oxygen atoms in total. The summed E-state index contributed by atoms with van der Waals surface area (Å²) in [5.41, 5.74) is 9.47. The summed E-state index contributed by atoms with van der Waals surface area (Å²) in [5, 5.41) is 3.46. The summed E-state index contributed by atoms with van der Waals surface area (Å²) in [6, 6.07) is 17.3. The maximum absolute atomic E-state index is 12.3. The fourth-order valence-electron chi connectivity index (χ4n) is 3.30. The lowest BCUT2D eigenvalue weighted by Gasteiger charge is -2.07. The van der Waals surface area contributed by atoms with Gasteiger partial charge in [0, 0.05) is 18.3 Å². The number of aromatic nitrogens is 3. The molecule has 0 spiro atoms. The highest BCUT2D eigenvalue weighted by molar-refractivity contribution is 5.94. The monoisotopic (exact) mass is 387 g/mol. The Hall–Kier alpha value is -3.87. The number of nitrogens with two attached hydrogens (primary N) is 1. The predicted octanol–water partition coefficient (Wildman–Crippen LogP) is 2.55. The Balaban J connectivity index is 1.38. The number of rotatable bonds is 6. The van der Waals surface area contributed by atoms with E-state index in [0.717, 1.165) is 23.1 Å². The summed E-state index contributed by atoms with van der Waals surface area (Å²) >= 11 is 0. The number of anilines is 1. The number of benzene rings is 2. The third kappa shape index (κ3) is 4.19. The highest BCUT2D eigenvalue weighted by atomic mass is 16.1. The number of hydrogen-bond donors (Lipinski definition) is 4. The third-order valence-electron chi connectivity index (χ3n) is 4.84. The van der Waals surface area contributed by atoms with Crippen molar-refractivity contribution in [2.45, 2.75) is 19.4 Å². The van der Waals surface area contributed by atoms with Gasteiger partial charge in [0.25, 0.3) is 11.5 Å². The molecule has 2 heterocycles. The molecule has 2 aromatic heterocycles. The van der Waals surface area contributed by atoms with Crippen molar-refractivity contribution in [3.05, 3.63) is 93.4 Å². The minimum Gasteiger partial charge on any atom is -0.369 e. The van der Waals surface area contributed by atoms with Gasteiger partial charge in [-0.3, -0.25) is 14.6 Å². The van der Waals surface area contributed by atoms with Crippen LogP contribution in [0.5, 0.6) is 0 Å². The van der Waals surface area contributed by atoms with Gasteiger partial charge in [0.1, 0.15) is 5.65 Å². The van der Waals surface area contributed by atoms with Crippen LogP contribution in [0.1, 0.15) is 27.0 Å². The van der Waals surface area contributed by atoms with Crippen LogP contribution in [0.15, 0.2) is 65.6 Å². The Morgan fingerprint density at radius 3 is 2.52 bits per heavy atom. The van der Waals surface area contributed by atoms with E-state index in [2.05, 4.69) is 20.3 Å². The largest absolute Gasteiger partial charge is 0.369 e. The van der Waals surface area contributed by atoms with Crippen LogP contribution in [0.4, 0.5) is 5.95 Å². The standard InChI is InChI=1S/C22H21N5O2/c23-22-26-19-18(21(29)27-22)17(13-24-19)11-8-14-6-9-16(10-7-14)20(28)25-12-15-4-2-1-3-5-15/h1-7,9-10,13H,8,11-12H2,(H,25,28)(H4,23,24,26,27,29). The number of carbonyl (C=O) groups is 1. The van der Waals surface area contributed by atoms with Crippen molar-refractivity contribution in [2.75, 3.05) is 5.73 Å². The number of aryl methyl sites for hydroxylation is 2. The van der Waals surface area contributed by atoms with Crippen LogP contribution < -0.4 is 16.6 Å². The molecule has 0 unspecified atom stereocenters. The van der Waals surface area contributed by atoms with E-state index in [0.29, 0.717) is 29.6 Å². The predicted molar refractivity (Wildman–Crippen MR) is 113 cm³/mol. The number of fused-ring (bicyclic) bond motifs is 1. The van der Waals surface area contributed by atoms with E-state index in [1.807, 2.05) is 54.6 Å². The first-order valence-electron chi connectivity index (χ1n) is 9.37. The van der Waals surface area contributed by atoms with Gasteiger partial charge in [-0.2, -0.15) is 4.98 Å². The van der Waals surface area contributed by atoms with E-state index in [1.54, 1.807) is 6.20 Å². The number of nitrogen functional groups attached to an aromatic ring is 1. The molecule has 5 N–H and O–H groups in total. The third-order valence-corrected chi connectivity index (χ3v) is 4.84. The second-order valence-electron chi connectivity index (χ2n) is 6.85. The molecule has 0 fully saturated rings. The Bertz CT molecular complexity index is 1190. The fourth-order valence-corrected chi connectivity index (χ4v) is 3.30. The lowest BCUT2D eigenvalue weighted by atomic mass is 10.0. The van der Waals surface area contributed by atoms with Crippen LogP contribution in [0.25, 0.3) is 11.0 Å². The van der Waals surface area contributed by atoms with Crippen LogP contribution >= 0.6 is 0 Å². The van der Waals surface area contributed by atoms with Gasteiger partial charge in [0.15, 0.2) is 0 Å². The Kier molecular flexibility index (Phi) is 5.11. The van der Waals surface area contributed by atoms with Gasteiger partial charge in [0.2, 0.25) is 5.95 Å². The number of nitrogens with zero attached hydrogens (tertiary/aromatic N) is 1. The molecule has 4 aromatic rings. The first-order chi connectivity index (χ1) is 14.1. The van der Waals surface area contributed by atoms with Crippen molar-refractivity contribution in [1.29, 1.82) is 0 Å². The molecule has 0 aliphatic carbocycles. The average Bonchev–Trinajstić information content (AvgIpc) is 3.14. The summed E-state index contributed by atoms with van der Waals surface area (Å²) in [4.78, 5) is 34.1. The number of carbonyl (C=O) groups excluding carboxylic acids is 1. The lowest BCUT2D eigenvalue weighted by molar-refractivity contribution is 0.0951. The molecule has 0 saturated heterocycles. The SMILES string of the molecule is Nc1nc2[nH]cc(CCc3ccc(C(=O)NCc4ccccc4)cc3)c2c(=O)[nH]1. The molecule has 2 aromatic carbocycles. The highest BCUT2D eigenvalue weighted by Gasteiger charge is 2.11. The normalized spacial score (nSPS) is 10.9. The molecule has 7 heteroatoms. The molecular weight excluding hydrogens is 366 g/mol. The molecule has 0 aliphatic heterocycles. The van der Waals surface area contributed by atoms with E-state index < -0.39 is 0 Å². The zero-order chi connectivity index (χ0) is 20.2. The molecular formula is C22H21N5O2. The minimum absolute atomic E-state index is 0.0945. The Morgan fingerprint density at radius 1 is 1.00 bits per heavy atom. The molecule has 0 radical (unpaired) electrons. The highest BCUT2D eigenvalue weighted by Crippen LogP contribution is 2.16. The van der Waals surface area contributed by atoms with Crippen molar-refractivity contribution in [2.24, 2.45) is 0 Å². The summed E-state index contributed by atoms with van der Waals surface area (Å²) in [6.07, 6.45) is 3.20. The number of aromatic amines is 2. The van der Waals surface area contributed by atoms with Crippen LogP contribution in [0, 0.1) is 0 Å². The fraction of sp³-hybridized carbons (Fsp3) is 0.136. The van der Waals surface area contributed by atoms with Crippen molar-refractivity contribution in [1.82, 2.24) is 20.3 Å². The van der Waals surface area contributed by atoms with Crippen molar-refractivity contribution in [3.63, 3.8) is 0 Å². The second kappa shape index (κ2) is 8.02. The van der Waals surface area contributed by atoms with Gasteiger partial charge in [-0.25, -0.2) is 0 Å². The van der Waals surface area contributed by atoms with E-state index in [-0.39, 0.29) is 17.4 Å². The van der Waals surface area contributed by atoms with E-state index in [9.17, 15) is 9.59 Å². The number of amides is 1. The molecule has 1 amide bonds. The van der Waals surface area contributed by atoms with Crippen molar-refractivity contribution < 1.29 is 4.79 Å². The number of nitrogens with one attached hydrogen (secondary N) is 3. The van der Waals surface area contributed by atoms with Crippen LogP contribution in [0.2, 0.25) is 0 Å². The summed E-state index contributed by atoms with van der Waals surface area (Å²) in [6.45, 7) is 0.495.